The second kappa shape index (κ2) is 6.98. The van der Waals surface area contributed by atoms with Crippen molar-refractivity contribution in [3.63, 3.8) is 0 Å². The maximum absolute atomic E-state index is 5.66. The average Bonchev–Trinajstić information content (AvgIpc) is 3.35. The van der Waals surface area contributed by atoms with Crippen molar-refractivity contribution in [1.29, 1.82) is 0 Å². The summed E-state index contributed by atoms with van der Waals surface area (Å²) >= 11 is 1.77. The molecule has 1 aliphatic carbocycles. The molecule has 7 nitrogen and oxygen atoms in total. The molecule has 4 rings (SSSR count). The van der Waals surface area contributed by atoms with E-state index in [0.717, 1.165) is 43.5 Å². The summed E-state index contributed by atoms with van der Waals surface area (Å²) in [7, 11) is 0. The maximum Gasteiger partial charge on any atom is 0.233 e. The standard InChI is InChI=1S/C16H22N6OS/c1-12-2-5-14(18-17-12)23-11-10-21-6-8-22(9-7-21)16-20-19-15(24-16)13-3-4-13/h2,5,13H,3-4,6-11H2,1H3. The molecule has 0 spiro atoms. The van der Waals surface area contributed by atoms with Crippen molar-refractivity contribution in [3.8, 4) is 5.88 Å². The molecule has 0 radical (unpaired) electrons. The number of aromatic nitrogens is 4. The van der Waals surface area contributed by atoms with Crippen LogP contribution in [0.25, 0.3) is 0 Å². The van der Waals surface area contributed by atoms with Crippen LogP contribution in [-0.4, -0.2) is 64.6 Å². The molecule has 1 saturated carbocycles. The van der Waals surface area contributed by atoms with Crippen LogP contribution < -0.4 is 9.64 Å². The molecule has 0 atom stereocenters. The first kappa shape index (κ1) is 15.7. The molecule has 1 aliphatic heterocycles. The molecule has 0 bridgehead atoms. The van der Waals surface area contributed by atoms with Gasteiger partial charge in [-0.1, -0.05) is 11.3 Å². The fourth-order valence-corrected chi connectivity index (χ4v) is 3.82. The lowest BCUT2D eigenvalue weighted by atomic mass is 10.3. The lowest BCUT2D eigenvalue weighted by Gasteiger charge is -2.34. The number of aryl methyl sites for hydroxylation is 1. The van der Waals surface area contributed by atoms with Crippen molar-refractivity contribution in [2.45, 2.75) is 25.7 Å². The minimum atomic E-state index is 0.598. The van der Waals surface area contributed by atoms with E-state index in [1.165, 1.54) is 17.8 Å². The summed E-state index contributed by atoms with van der Waals surface area (Å²) in [6.07, 6.45) is 2.57. The van der Waals surface area contributed by atoms with Gasteiger partial charge in [-0.05, 0) is 25.8 Å². The Labute approximate surface area is 145 Å². The first-order chi connectivity index (χ1) is 11.8. The van der Waals surface area contributed by atoms with Gasteiger partial charge in [-0.2, -0.15) is 5.10 Å². The highest BCUT2D eigenvalue weighted by atomic mass is 32.1. The Morgan fingerprint density at radius 2 is 1.92 bits per heavy atom. The Hall–Kier alpha value is -1.80. The summed E-state index contributed by atoms with van der Waals surface area (Å²) < 4.78 is 5.66. The maximum atomic E-state index is 5.66. The van der Waals surface area contributed by atoms with E-state index < -0.39 is 0 Å². The zero-order chi connectivity index (χ0) is 16.4. The van der Waals surface area contributed by atoms with Gasteiger partial charge >= 0.3 is 0 Å². The van der Waals surface area contributed by atoms with Gasteiger partial charge in [0.25, 0.3) is 0 Å². The Morgan fingerprint density at radius 3 is 2.62 bits per heavy atom. The second-order valence-electron chi connectivity index (χ2n) is 6.39. The van der Waals surface area contributed by atoms with Crippen molar-refractivity contribution < 1.29 is 4.74 Å². The van der Waals surface area contributed by atoms with Gasteiger partial charge in [-0.3, -0.25) is 4.90 Å². The Bertz CT molecular complexity index is 663. The number of hydrogen-bond donors (Lipinski definition) is 0. The zero-order valence-corrected chi connectivity index (χ0v) is 14.7. The topological polar surface area (TPSA) is 67.3 Å². The molecule has 3 heterocycles. The van der Waals surface area contributed by atoms with Crippen molar-refractivity contribution >= 4 is 16.5 Å². The summed E-state index contributed by atoms with van der Waals surface area (Å²) in [5.41, 5.74) is 0.903. The van der Waals surface area contributed by atoms with Crippen molar-refractivity contribution in [3.05, 3.63) is 22.8 Å². The highest BCUT2D eigenvalue weighted by molar-refractivity contribution is 7.15. The Balaban J connectivity index is 1.20. The summed E-state index contributed by atoms with van der Waals surface area (Å²) in [5.74, 6) is 1.29. The molecule has 2 aromatic rings. The summed E-state index contributed by atoms with van der Waals surface area (Å²) in [5, 5.41) is 19.0. The number of nitrogens with zero attached hydrogens (tertiary/aromatic N) is 6. The zero-order valence-electron chi connectivity index (χ0n) is 13.9. The van der Waals surface area contributed by atoms with E-state index >= 15 is 0 Å². The lowest BCUT2D eigenvalue weighted by Crippen LogP contribution is -2.47. The van der Waals surface area contributed by atoms with E-state index in [2.05, 4.69) is 30.2 Å². The van der Waals surface area contributed by atoms with Gasteiger partial charge in [-0.15, -0.1) is 15.3 Å². The molecular formula is C16H22N6OS. The van der Waals surface area contributed by atoms with Crippen molar-refractivity contribution in [2.24, 2.45) is 0 Å². The number of hydrogen-bond acceptors (Lipinski definition) is 8. The van der Waals surface area contributed by atoms with Gasteiger partial charge in [-0.25, -0.2) is 0 Å². The van der Waals surface area contributed by atoms with Crippen molar-refractivity contribution in [2.75, 3.05) is 44.2 Å². The van der Waals surface area contributed by atoms with Crippen LogP contribution in [0, 0.1) is 6.92 Å². The molecular weight excluding hydrogens is 324 g/mol. The SMILES string of the molecule is Cc1ccc(OCCN2CCN(c3nnc(C4CC4)s3)CC2)nn1. The molecule has 2 aliphatic rings. The average molecular weight is 346 g/mol. The van der Waals surface area contributed by atoms with E-state index in [0.29, 0.717) is 18.4 Å². The molecule has 128 valence electrons. The van der Waals surface area contributed by atoms with E-state index in [9.17, 15) is 0 Å². The molecule has 8 heteroatoms. The lowest BCUT2D eigenvalue weighted by molar-refractivity contribution is 0.196. The summed E-state index contributed by atoms with van der Waals surface area (Å²) in [4.78, 5) is 4.77. The summed E-state index contributed by atoms with van der Waals surface area (Å²) in [6, 6.07) is 3.78. The van der Waals surface area contributed by atoms with Crippen LogP contribution in [0.3, 0.4) is 0 Å². The number of ether oxygens (including phenoxy) is 1. The van der Waals surface area contributed by atoms with Crippen LogP contribution in [0.5, 0.6) is 5.88 Å². The van der Waals surface area contributed by atoms with Gasteiger partial charge < -0.3 is 9.64 Å². The molecule has 0 aromatic carbocycles. The van der Waals surface area contributed by atoms with Crippen LogP contribution in [0.1, 0.15) is 29.5 Å². The number of rotatable bonds is 6. The Morgan fingerprint density at radius 1 is 1.08 bits per heavy atom. The van der Waals surface area contributed by atoms with Gasteiger partial charge in [0.05, 0.1) is 5.69 Å². The molecule has 2 fully saturated rings. The highest BCUT2D eigenvalue weighted by Gasteiger charge is 2.29. The number of piperazine rings is 1. The fraction of sp³-hybridized carbons (Fsp3) is 0.625. The van der Waals surface area contributed by atoms with Gasteiger partial charge in [0.1, 0.15) is 11.6 Å². The van der Waals surface area contributed by atoms with Crippen LogP contribution in [0.4, 0.5) is 5.13 Å². The highest BCUT2D eigenvalue weighted by Crippen LogP contribution is 2.42. The number of anilines is 1. The van der Waals surface area contributed by atoms with Crippen LogP contribution >= 0.6 is 11.3 Å². The third-order valence-corrected chi connectivity index (χ3v) is 5.58. The molecule has 2 aromatic heterocycles. The van der Waals surface area contributed by atoms with E-state index in [4.69, 9.17) is 4.74 Å². The minimum absolute atomic E-state index is 0.598. The van der Waals surface area contributed by atoms with E-state index in [1.807, 2.05) is 19.1 Å². The monoisotopic (exact) mass is 346 g/mol. The molecule has 0 unspecified atom stereocenters. The van der Waals surface area contributed by atoms with Crippen LogP contribution in [-0.2, 0) is 0 Å². The molecule has 0 N–H and O–H groups in total. The van der Waals surface area contributed by atoms with Crippen LogP contribution in [0.15, 0.2) is 12.1 Å². The third kappa shape index (κ3) is 3.81. The third-order valence-electron chi connectivity index (χ3n) is 4.43. The molecule has 0 amide bonds. The quantitative estimate of drug-likeness (QED) is 0.789. The smallest absolute Gasteiger partial charge is 0.233 e. The van der Waals surface area contributed by atoms with Crippen molar-refractivity contribution in [1.82, 2.24) is 25.3 Å². The Kier molecular flexibility index (Phi) is 4.57. The normalized spacial score (nSPS) is 18.8. The first-order valence-corrected chi connectivity index (χ1v) is 9.33. The second-order valence-corrected chi connectivity index (χ2v) is 7.37. The predicted octanol–water partition coefficient (Wildman–Crippen LogP) is 1.71. The van der Waals surface area contributed by atoms with Gasteiger partial charge in [0.2, 0.25) is 11.0 Å². The summed E-state index contributed by atoms with van der Waals surface area (Å²) in [6.45, 7) is 7.53. The molecule has 1 saturated heterocycles. The predicted molar refractivity (Wildman–Crippen MR) is 92.8 cm³/mol. The van der Waals surface area contributed by atoms with Crippen LogP contribution in [0.2, 0.25) is 0 Å². The fourth-order valence-electron chi connectivity index (χ4n) is 2.76. The first-order valence-electron chi connectivity index (χ1n) is 8.52. The van der Waals surface area contributed by atoms with E-state index in [-0.39, 0.29) is 0 Å². The van der Waals surface area contributed by atoms with Gasteiger partial charge in [0, 0.05) is 44.7 Å². The largest absolute Gasteiger partial charge is 0.475 e. The molecule has 24 heavy (non-hydrogen) atoms. The van der Waals surface area contributed by atoms with Gasteiger partial charge in [0.15, 0.2) is 0 Å². The van der Waals surface area contributed by atoms with E-state index in [1.54, 1.807) is 11.3 Å². The minimum Gasteiger partial charge on any atom is -0.475 e.